The molecule has 5 nitrogen and oxygen atoms in total. The largest absolute Gasteiger partial charge is 0.302 e. The van der Waals surface area contributed by atoms with E-state index >= 15 is 0 Å². The molecule has 0 unspecified atom stereocenters. The first kappa shape index (κ1) is 23.2. The molecule has 2 heterocycles. The summed E-state index contributed by atoms with van der Waals surface area (Å²) in [6.45, 7) is 11.5. The van der Waals surface area contributed by atoms with Crippen LogP contribution in [0.1, 0.15) is 34.2 Å². The highest BCUT2D eigenvalue weighted by Crippen LogP contribution is 2.32. The average molecular weight is 504 g/mol. The van der Waals surface area contributed by atoms with Crippen LogP contribution in [0.2, 0.25) is 0 Å². The third-order valence-electron chi connectivity index (χ3n) is 4.45. The van der Waals surface area contributed by atoms with Crippen molar-refractivity contribution in [3.05, 3.63) is 38.3 Å². The molecule has 0 N–H and O–H groups in total. The fraction of sp³-hybridized carbons (Fsp3) is 0.421. The number of halogens is 2. The van der Waals surface area contributed by atoms with Crippen LogP contribution in [0.5, 0.6) is 0 Å². The maximum absolute atomic E-state index is 13.3. The van der Waals surface area contributed by atoms with Crippen LogP contribution in [-0.2, 0) is 0 Å². The van der Waals surface area contributed by atoms with E-state index < -0.39 is 0 Å². The number of fused-ring (bicyclic) bond motifs is 1. The fourth-order valence-corrected chi connectivity index (χ4v) is 5.33. The van der Waals surface area contributed by atoms with Crippen molar-refractivity contribution in [1.29, 1.82) is 0 Å². The zero-order valence-electron chi connectivity index (χ0n) is 16.4. The molecular formula is C19H24BrClN4OS2. The summed E-state index contributed by atoms with van der Waals surface area (Å²) in [6, 6.07) is 6.00. The van der Waals surface area contributed by atoms with Crippen LogP contribution in [0.3, 0.4) is 0 Å². The predicted molar refractivity (Wildman–Crippen MR) is 126 cm³/mol. The number of rotatable bonds is 7. The summed E-state index contributed by atoms with van der Waals surface area (Å²) >= 11 is 6.52. The van der Waals surface area contributed by atoms with E-state index in [-0.39, 0.29) is 18.3 Å². The predicted octanol–water partition coefficient (Wildman–Crippen LogP) is 5.54. The number of hydrogen-bond donors (Lipinski definition) is 0. The van der Waals surface area contributed by atoms with Gasteiger partial charge in [0.05, 0.1) is 20.9 Å². The molecular weight excluding hydrogens is 480 g/mol. The third-order valence-corrected chi connectivity index (χ3v) is 7.04. The molecule has 0 bridgehead atoms. The molecule has 0 aliphatic heterocycles. The van der Waals surface area contributed by atoms with Crippen LogP contribution in [0.4, 0.5) is 5.13 Å². The van der Waals surface area contributed by atoms with Crippen molar-refractivity contribution >= 4 is 72.3 Å². The molecule has 3 rings (SSSR count). The molecule has 0 aliphatic rings. The van der Waals surface area contributed by atoms with Gasteiger partial charge in [0.15, 0.2) is 5.13 Å². The quantitative estimate of drug-likeness (QED) is 0.424. The second kappa shape index (κ2) is 10.1. The normalized spacial score (nSPS) is 11.1. The number of nitrogens with zero attached hydrogens (tertiary/aromatic N) is 4. The van der Waals surface area contributed by atoms with E-state index in [9.17, 15) is 4.79 Å². The van der Waals surface area contributed by atoms with Crippen molar-refractivity contribution in [2.75, 3.05) is 31.1 Å². The maximum Gasteiger partial charge on any atom is 0.272 e. The van der Waals surface area contributed by atoms with E-state index in [1.807, 2.05) is 36.9 Å². The molecule has 9 heteroatoms. The number of hydrogen-bond acceptors (Lipinski definition) is 6. The Kier molecular flexibility index (Phi) is 8.39. The number of aryl methyl sites for hydroxylation is 2. The second-order valence-corrected chi connectivity index (χ2v) is 9.37. The third kappa shape index (κ3) is 5.10. The van der Waals surface area contributed by atoms with Crippen molar-refractivity contribution in [3.63, 3.8) is 0 Å². The van der Waals surface area contributed by atoms with E-state index in [4.69, 9.17) is 4.98 Å². The van der Waals surface area contributed by atoms with Gasteiger partial charge in [0.2, 0.25) is 0 Å². The van der Waals surface area contributed by atoms with Crippen LogP contribution >= 0.6 is 51.0 Å². The van der Waals surface area contributed by atoms with Crippen molar-refractivity contribution in [2.45, 2.75) is 27.7 Å². The molecule has 0 saturated heterocycles. The summed E-state index contributed by atoms with van der Waals surface area (Å²) in [5, 5.41) is 1.65. The number of aromatic nitrogens is 2. The molecule has 28 heavy (non-hydrogen) atoms. The molecule has 1 amide bonds. The van der Waals surface area contributed by atoms with Crippen LogP contribution in [0.25, 0.3) is 10.2 Å². The van der Waals surface area contributed by atoms with E-state index in [1.54, 1.807) is 11.3 Å². The lowest BCUT2D eigenvalue weighted by molar-refractivity contribution is 0.0987. The van der Waals surface area contributed by atoms with Gasteiger partial charge in [0.1, 0.15) is 4.88 Å². The van der Waals surface area contributed by atoms with Crippen LogP contribution in [0.15, 0.2) is 22.7 Å². The summed E-state index contributed by atoms with van der Waals surface area (Å²) in [5.74, 6) is -0.0108. The topological polar surface area (TPSA) is 49.3 Å². The lowest BCUT2D eigenvalue weighted by Gasteiger charge is -2.24. The lowest BCUT2D eigenvalue weighted by Crippen LogP contribution is -2.38. The number of anilines is 1. The number of carbonyl (C=O) groups excluding carboxylic acids is 1. The lowest BCUT2D eigenvalue weighted by atomic mass is 10.3. The Labute approximate surface area is 188 Å². The molecule has 152 valence electrons. The highest BCUT2D eigenvalue weighted by Gasteiger charge is 2.25. The molecule has 0 saturated carbocycles. The first-order chi connectivity index (χ1) is 12.9. The highest BCUT2D eigenvalue weighted by molar-refractivity contribution is 9.10. The fourth-order valence-electron chi connectivity index (χ4n) is 2.92. The van der Waals surface area contributed by atoms with Gasteiger partial charge in [-0.15, -0.1) is 23.7 Å². The van der Waals surface area contributed by atoms with Gasteiger partial charge >= 0.3 is 0 Å². The minimum absolute atomic E-state index is 0. The summed E-state index contributed by atoms with van der Waals surface area (Å²) < 4.78 is 2.08. The number of likely N-dealkylation sites (N-methyl/N-ethyl adjacent to an activating group) is 1. The molecule has 1 aromatic carbocycles. The van der Waals surface area contributed by atoms with Crippen LogP contribution < -0.4 is 4.90 Å². The Hall–Kier alpha value is -1.06. The minimum Gasteiger partial charge on any atom is -0.302 e. The number of benzene rings is 1. The highest BCUT2D eigenvalue weighted by atomic mass is 79.9. The minimum atomic E-state index is -0.0108. The number of amides is 1. The molecule has 0 radical (unpaired) electrons. The van der Waals surface area contributed by atoms with Gasteiger partial charge < -0.3 is 4.90 Å². The van der Waals surface area contributed by atoms with Gasteiger partial charge in [0.25, 0.3) is 5.91 Å². The average Bonchev–Trinajstić information content (AvgIpc) is 3.20. The Bertz CT molecular complexity index is 955. The second-order valence-electron chi connectivity index (χ2n) is 6.24. The zero-order valence-corrected chi connectivity index (χ0v) is 20.4. The molecule has 0 atom stereocenters. The van der Waals surface area contributed by atoms with E-state index in [2.05, 4.69) is 39.7 Å². The van der Waals surface area contributed by atoms with Crippen molar-refractivity contribution in [3.8, 4) is 0 Å². The molecule has 0 fully saturated rings. The van der Waals surface area contributed by atoms with E-state index in [1.165, 1.54) is 11.3 Å². The Morgan fingerprint density at radius 1 is 1.11 bits per heavy atom. The molecule has 0 aliphatic carbocycles. The summed E-state index contributed by atoms with van der Waals surface area (Å²) in [5.41, 5.74) is 1.70. The summed E-state index contributed by atoms with van der Waals surface area (Å²) in [4.78, 5) is 27.3. The zero-order chi connectivity index (χ0) is 19.6. The van der Waals surface area contributed by atoms with Gasteiger partial charge in [-0.1, -0.05) is 41.1 Å². The maximum atomic E-state index is 13.3. The molecule has 2 aromatic heterocycles. The number of carbonyl (C=O) groups is 1. The van der Waals surface area contributed by atoms with Crippen molar-refractivity contribution < 1.29 is 4.79 Å². The molecule has 3 aromatic rings. The van der Waals surface area contributed by atoms with E-state index in [0.29, 0.717) is 11.4 Å². The van der Waals surface area contributed by atoms with Crippen LogP contribution in [-0.4, -0.2) is 47.0 Å². The first-order valence-electron chi connectivity index (χ1n) is 8.97. The monoisotopic (exact) mass is 502 g/mol. The summed E-state index contributed by atoms with van der Waals surface area (Å²) in [6.07, 6.45) is 0. The van der Waals surface area contributed by atoms with Gasteiger partial charge in [-0.25, -0.2) is 9.97 Å². The smallest absolute Gasteiger partial charge is 0.272 e. The number of thiazole rings is 2. The summed E-state index contributed by atoms with van der Waals surface area (Å²) in [7, 11) is 0. The van der Waals surface area contributed by atoms with Gasteiger partial charge in [-0.3, -0.25) is 9.69 Å². The van der Waals surface area contributed by atoms with Gasteiger partial charge in [-0.05, 0) is 45.1 Å². The van der Waals surface area contributed by atoms with Crippen LogP contribution in [0, 0.1) is 13.8 Å². The Morgan fingerprint density at radius 3 is 2.43 bits per heavy atom. The Balaban J connectivity index is 0.00000280. The van der Waals surface area contributed by atoms with Gasteiger partial charge in [0, 0.05) is 17.6 Å². The van der Waals surface area contributed by atoms with Gasteiger partial charge in [-0.2, -0.15) is 0 Å². The van der Waals surface area contributed by atoms with Crippen molar-refractivity contribution in [2.24, 2.45) is 0 Å². The Morgan fingerprint density at radius 2 is 1.82 bits per heavy atom. The SMILES string of the molecule is CCN(CC)CCN(C(=O)c1sc(C)nc1C)c1nc2ccc(Br)cc2s1.Cl. The first-order valence-corrected chi connectivity index (χ1v) is 11.4. The molecule has 0 spiro atoms. The standard InChI is InChI=1S/C19H23BrN4OS2.ClH/c1-5-23(6-2)9-10-24(18(25)17-12(3)21-13(4)26-17)19-22-15-8-7-14(20)11-16(15)27-19;/h7-8,11H,5-6,9-10H2,1-4H3;1H. The van der Waals surface area contributed by atoms with E-state index in [0.717, 1.165) is 50.2 Å². The van der Waals surface area contributed by atoms with Crippen molar-refractivity contribution in [1.82, 2.24) is 14.9 Å².